The SMILES string of the molecule is CS(=O)(=O)N1CCc2c(c(-c3ccc(Cl)c(SCCc4cnccn4)c3)nn2CCCN2CCOCC2)C1. The number of nitrogens with zero attached hydrogens (tertiary/aromatic N) is 6. The van der Waals surface area contributed by atoms with Gasteiger partial charge in [0, 0.05) is 98.2 Å². The van der Waals surface area contributed by atoms with E-state index in [0.29, 0.717) is 24.5 Å². The van der Waals surface area contributed by atoms with E-state index in [1.165, 1.54) is 6.26 Å². The molecular weight excluding hydrogens is 544 g/mol. The summed E-state index contributed by atoms with van der Waals surface area (Å²) >= 11 is 8.24. The van der Waals surface area contributed by atoms with E-state index < -0.39 is 10.0 Å². The van der Waals surface area contributed by atoms with Crippen LogP contribution in [0.3, 0.4) is 0 Å². The number of halogens is 1. The van der Waals surface area contributed by atoms with Gasteiger partial charge in [0.2, 0.25) is 10.0 Å². The highest BCUT2D eigenvalue weighted by Crippen LogP contribution is 2.36. The molecule has 3 aromatic rings. The molecule has 0 unspecified atom stereocenters. The minimum atomic E-state index is -3.30. The van der Waals surface area contributed by atoms with Crippen LogP contribution in [0.2, 0.25) is 5.02 Å². The summed E-state index contributed by atoms with van der Waals surface area (Å²) in [7, 11) is -3.30. The highest BCUT2D eigenvalue weighted by Gasteiger charge is 2.30. The van der Waals surface area contributed by atoms with E-state index >= 15 is 0 Å². The van der Waals surface area contributed by atoms with Gasteiger partial charge in [-0.1, -0.05) is 17.7 Å². The Morgan fingerprint density at radius 1 is 1.13 bits per heavy atom. The molecule has 0 bridgehead atoms. The molecule has 1 saturated heterocycles. The van der Waals surface area contributed by atoms with Crippen molar-refractivity contribution in [2.24, 2.45) is 0 Å². The Morgan fingerprint density at radius 3 is 2.74 bits per heavy atom. The molecule has 0 saturated carbocycles. The Morgan fingerprint density at radius 2 is 1.97 bits per heavy atom. The molecule has 0 aliphatic carbocycles. The number of hydrogen-bond acceptors (Lipinski definition) is 8. The van der Waals surface area contributed by atoms with Crippen LogP contribution < -0.4 is 0 Å². The molecule has 0 N–H and O–H groups in total. The molecule has 1 fully saturated rings. The van der Waals surface area contributed by atoms with E-state index in [0.717, 1.165) is 91.1 Å². The van der Waals surface area contributed by atoms with Crippen LogP contribution in [0.25, 0.3) is 11.3 Å². The van der Waals surface area contributed by atoms with Gasteiger partial charge >= 0.3 is 0 Å². The van der Waals surface area contributed by atoms with Crippen LogP contribution in [-0.2, 0) is 40.7 Å². The van der Waals surface area contributed by atoms with Gasteiger partial charge < -0.3 is 4.74 Å². The minimum Gasteiger partial charge on any atom is -0.379 e. The van der Waals surface area contributed by atoms with Gasteiger partial charge in [-0.3, -0.25) is 19.5 Å². The predicted molar refractivity (Wildman–Crippen MR) is 150 cm³/mol. The number of thioether (sulfide) groups is 1. The van der Waals surface area contributed by atoms with Crippen LogP contribution in [0.4, 0.5) is 0 Å². The van der Waals surface area contributed by atoms with Crippen LogP contribution in [0.1, 0.15) is 23.4 Å². The third kappa shape index (κ3) is 6.75. The van der Waals surface area contributed by atoms with Crippen LogP contribution in [0, 0.1) is 0 Å². The van der Waals surface area contributed by atoms with Crippen molar-refractivity contribution in [2.75, 3.05) is 51.4 Å². The molecule has 4 heterocycles. The third-order valence-corrected chi connectivity index (χ3v) is 9.70. The second kappa shape index (κ2) is 12.4. The van der Waals surface area contributed by atoms with E-state index in [4.69, 9.17) is 21.4 Å². The first-order chi connectivity index (χ1) is 18.4. The maximum Gasteiger partial charge on any atom is 0.211 e. The van der Waals surface area contributed by atoms with Crippen molar-refractivity contribution in [3.63, 3.8) is 0 Å². The first kappa shape index (κ1) is 27.5. The molecule has 1 aromatic carbocycles. The fraction of sp³-hybridized carbons (Fsp3) is 0.500. The second-order valence-electron chi connectivity index (χ2n) is 9.59. The summed E-state index contributed by atoms with van der Waals surface area (Å²) in [5, 5.41) is 5.73. The Hall–Kier alpha value is -2.02. The Labute approximate surface area is 233 Å². The fourth-order valence-electron chi connectivity index (χ4n) is 4.92. The Kier molecular flexibility index (Phi) is 9.02. The number of hydrogen-bond donors (Lipinski definition) is 0. The number of ether oxygens (including phenoxy) is 1. The fourth-order valence-corrected chi connectivity index (χ4v) is 6.94. The number of aromatic nitrogens is 4. The quantitative estimate of drug-likeness (QED) is 0.339. The van der Waals surface area contributed by atoms with E-state index in [2.05, 4.69) is 25.6 Å². The second-order valence-corrected chi connectivity index (χ2v) is 13.1. The molecule has 5 rings (SSSR count). The molecule has 2 aromatic heterocycles. The van der Waals surface area contributed by atoms with Crippen molar-refractivity contribution in [3.05, 3.63) is 58.8 Å². The predicted octanol–water partition coefficient (Wildman–Crippen LogP) is 3.37. The lowest BCUT2D eigenvalue weighted by atomic mass is 10.0. The number of rotatable bonds is 10. The number of benzene rings is 1. The van der Waals surface area contributed by atoms with Gasteiger partial charge in [0.25, 0.3) is 0 Å². The van der Waals surface area contributed by atoms with E-state index in [9.17, 15) is 8.42 Å². The maximum absolute atomic E-state index is 12.4. The Balaban J connectivity index is 1.37. The van der Waals surface area contributed by atoms with Crippen LogP contribution in [0.15, 0.2) is 41.7 Å². The normalized spacial score (nSPS) is 17.0. The van der Waals surface area contributed by atoms with E-state index in [1.54, 1.807) is 34.7 Å². The molecule has 38 heavy (non-hydrogen) atoms. The molecular formula is C26H33ClN6O3S2. The lowest BCUT2D eigenvalue weighted by molar-refractivity contribution is 0.0368. The molecule has 9 nitrogen and oxygen atoms in total. The highest BCUT2D eigenvalue weighted by atomic mass is 35.5. The van der Waals surface area contributed by atoms with Gasteiger partial charge in [-0.05, 0) is 18.6 Å². The third-order valence-electron chi connectivity index (χ3n) is 6.95. The molecule has 0 spiro atoms. The van der Waals surface area contributed by atoms with Gasteiger partial charge in [0.15, 0.2) is 0 Å². The van der Waals surface area contributed by atoms with Gasteiger partial charge in [-0.25, -0.2) is 8.42 Å². The van der Waals surface area contributed by atoms with Crippen molar-refractivity contribution in [2.45, 2.75) is 37.2 Å². The molecule has 204 valence electrons. The average Bonchev–Trinajstić information content (AvgIpc) is 3.28. The number of morpholine rings is 1. The molecule has 0 atom stereocenters. The molecule has 2 aliphatic heterocycles. The standard InChI is InChI=1S/C26H33ClN6O3S2/c1-38(34,35)32-11-5-24-22(19-32)26(30-33(24)10-2-9-31-12-14-36-15-13-31)20-3-4-23(27)25(17-20)37-16-6-21-18-28-7-8-29-21/h3-4,7-8,17-18H,2,5-6,9-16,19H2,1H3. The van der Waals surface area contributed by atoms with Crippen LogP contribution in [-0.4, -0.2) is 88.8 Å². The average molecular weight is 577 g/mol. The largest absolute Gasteiger partial charge is 0.379 e. The van der Waals surface area contributed by atoms with Crippen molar-refractivity contribution in [1.29, 1.82) is 0 Å². The molecule has 12 heteroatoms. The number of aryl methyl sites for hydroxylation is 2. The summed E-state index contributed by atoms with van der Waals surface area (Å²) < 4.78 is 33.9. The van der Waals surface area contributed by atoms with E-state index in [1.807, 2.05) is 12.1 Å². The zero-order valence-electron chi connectivity index (χ0n) is 21.6. The van der Waals surface area contributed by atoms with Crippen molar-refractivity contribution in [1.82, 2.24) is 29.0 Å². The van der Waals surface area contributed by atoms with Crippen LogP contribution >= 0.6 is 23.4 Å². The summed E-state index contributed by atoms with van der Waals surface area (Å²) in [6, 6.07) is 5.96. The van der Waals surface area contributed by atoms with Crippen molar-refractivity contribution < 1.29 is 13.2 Å². The summed E-state index contributed by atoms with van der Waals surface area (Å²) in [5.41, 5.74) is 4.86. The van der Waals surface area contributed by atoms with Gasteiger partial charge in [0.1, 0.15) is 0 Å². The number of fused-ring (bicyclic) bond motifs is 1. The minimum absolute atomic E-state index is 0.338. The first-order valence-corrected chi connectivity index (χ1v) is 16.1. The first-order valence-electron chi connectivity index (χ1n) is 12.9. The molecule has 0 amide bonds. The monoisotopic (exact) mass is 576 g/mol. The lowest BCUT2D eigenvalue weighted by Gasteiger charge is -2.27. The van der Waals surface area contributed by atoms with Crippen molar-refractivity contribution in [3.8, 4) is 11.3 Å². The summed E-state index contributed by atoms with van der Waals surface area (Å²) in [6.07, 6.45) is 8.85. The van der Waals surface area contributed by atoms with Crippen molar-refractivity contribution >= 4 is 33.4 Å². The summed E-state index contributed by atoms with van der Waals surface area (Å²) in [6.45, 7) is 6.12. The van der Waals surface area contributed by atoms with Gasteiger partial charge in [0.05, 0.1) is 35.9 Å². The number of sulfonamides is 1. The summed E-state index contributed by atoms with van der Waals surface area (Å²) in [5.74, 6) is 0.817. The topological polar surface area (TPSA) is 93.5 Å². The molecule has 2 aliphatic rings. The Bertz CT molecular complexity index is 1350. The van der Waals surface area contributed by atoms with Crippen LogP contribution in [0.5, 0.6) is 0 Å². The smallest absolute Gasteiger partial charge is 0.211 e. The summed E-state index contributed by atoms with van der Waals surface area (Å²) in [4.78, 5) is 11.9. The highest BCUT2D eigenvalue weighted by molar-refractivity contribution is 7.99. The van der Waals surface area contributed by atoms with Gasteiger partial charge in [-0.2, -0.15) is 9.40 Å². The zero-order valence-corrected chi connectivity index (χ0v) is 23.9. The van der Waals surface area contributed by atoms with Gasteiger partial charge in [-0.15, -0.1) is 11.8 Å². The molecule has 0 radical (unpaired) electrons. The van der Waals surface area contributed by atoms with E-state index in [-0.39, 0.29) is 0 Å². The lowest BCUT2D eigenvalue weighted by Crippen LogP contribution is -2.37. The maximum atomic E-state index is 12.4. The zero-order chi connectivity index (χ0) is 26.5.